The Hall–Kier alpha value is -1.81. The Kier molecular flexibility index (Phi) is 3.02. The van der Waals surface area contributed by atoms with E-state index in [1.54, 1.807) is 0 Å². The minimum absolute atomic E-state index is 0.391. The summed E-state index contributed by atoms with van der Waals surface area (Å²) < 4.78 is 1.86. The van der Waals surface area contributed by atoms with Crippen molar-refractivity contribution in [2.45, 2.75) is 6.04 Å². The van der Waals surface area contributed by atoms with Crippen molar-refractivity contribution in [2.75, 3.05) is 24.5 Å². The van der Waals surface area contributed by atoms with Gasteiger partial charge in [0.2, 0.25) is 0 Å². The van der Waals surface area contributed by atoms with E-state index < -0.39 is 0 Å². The molecule has 1 aromatic carbocycles. The molecule has 1 N–H and O–H groups in total. The zero-order chi connectivity index (χ0) is 12.4. The number of anilines is 1. The number of nitrogens with zero attached hydrogens (tertiary/aromatic N) is 3. The number of benzene rings is 1. The lowest BCUT2D eigenvalue weighted by Gasteiger charge is -2.34. The lowest BCUT2D eigenvalue weighted by molar-refractivity contribution is 0.468. The quantitative estimate of drug-likeness (QED) is 0.868. The molecular formula is C14H18N4. The third kappa shape index (κ3) is 2.24. The molecule has 1 unspecified atom stereocenters. The molecule has 0 bridgehead atoms. The molecule has 1 saturated heterocycles. The van der Waals surface area contributed by atoms with E-state index in [1.807, 2.05) is 17.9 Å². The van der Waals surface area contributed by atoms with Crippen molar-refractivity contribution < 1.29 is 0 Å². The second kappa shape index (κ2) is 4.82. The van der Waals surface area contributed by atoms with Gasteiger partial charge in [-0.3, -0.25) is 4.68 Å². The highest BCUT2D eigenvalue weighted by atomic mass is 15.3. The number of aromatic nitrogens is 2. The van der Waals surface area contributed by atoms with Crippen molar-refractivity contribution in [3.05, 3.63) is 48.2 Å². The van der Waals surface area contributed by atoms with Gasteiger partial charge in [0.25, 0.3) is 0 Å². The van der Waals surface area contributed by atoms with Crippen LogP contribution in [0.25, 0.3) is 0 Å². The van der Waals surface area contributed by atoms with Crippen molar-refractivity contribution in [3.63, 3.8) is 0 Å². The van der Waals surface area contributed by atoms with Crippen LogP contribution in [0.5, 0.6) is 0 Å². The first-order valence-electron chi connectivity index (χ1n) is 6.36. The lowest BCUT2D eigenvalue weighted by Crippen LogP contribution is -2.46. The molecule has 0 aliphatic carbocycles. The van der Waals surface area contributed by atoms with Crippen molar-refractivity contribution in [3.8, 4) is 0 Å². The summed E-state index contributed by atoms with van der Waals surface area (Å²) in [7, 11) is 1.96. The molecule has 4 heteroatoms. The van der Waals surface area contributed by atoms with Gasteiger partial charge in [0.15, 0.2) is 5.82 Å². The Balaban J connectivity index is 1.76. The van der Waals surface area contributed by atoms with Crippen LogP contribution in [0.2, 0.25) is 0 Å². The first kappa shape index (κ1) is 11.3. The molecule has 0 saturated carbocycles. The van der Waals surface area contributed by atoms with Crippen LogP contribution >= 0.6 is 0 Å². The van der Waals surface area contributed by atoms with Crippen LogP contribution < -0.4 is 10.2 Å². The summed E-state index contributed by atoms with van der Waals surface area (Å²) in [5, 5.41) is 8.04. The molecule has 0 amide bonds. The molecule has 3 rings (SSSR count). The van der Waals surface area contributed by atoms with Crippen LogP contribution in [0.3, 0.4) is 0 Å². The van der Waals surface area contributed by atoms with Gasteiger partial charge in [-0.1, -0.05) is 30.3 Å². The average Bonchev–Trinajstić information content (AvgIpc) is 2.87. The van der Waals surface area contributed by atoms with Crippen LogP contribution in [-0.4, -0.2) is 29.4 Å². The summed E-state index contributed by atoms with van der Waals surface area (Å²) in [4.78, 5) is 2.34. The fourth-order valence-electron chi connectivity index (χ4n) is 2.44. The van der Waals surface area contributed by atoms with Gasteiger partial charge >= 0.3 is 0 Å². The predicted molar refractivity (Wildman–Crippen MR) is 72.6 cm³/mol. The molecule has 2 heterocycles. The van der Waals surface area contributed by atoms with Crippen LogP contribution in [0.4, 0.5) is 5.82 Å². The van der Waals surface area contributed by atoms with Crippen LogP contribution in [0.1, 0.15) is 11.6 Å². The van der Waals surface area contributed by atoms with Gasteiger partial charge < -0.3 is 10.2 Å². The first-order valence-corrected chi connectivity index (χ1v) is 6.36. The van der Waals surface area contributed by atoms with Crippen LogP contribution in [-0.2, 0) is 7.05 Å². The number of hydrogen-bond acceptors (Lipinski definition) is 3. The average molecular weight is 242 g/mol. The number of aryl methyl sites for hydroxylation is 1. The number of hydrogen-bond donors (Lipinski definition) is 1. The standard InChI is InChI=1S/C14H18N4/c1-17-9-7-14(16-17)18-10-8-15-13(11-18)12-5-3-2-4-6-12/h2-7,9,13,15H,8,10-11H2,1H3. The van der Waals surface area contributed by atoms with Crippen molar-refractivity contribution in [2.24, 2.45) is 7.05 Å². The highest BCUT2D eigenvalue weighted by molar-refractivity contribution is 5.39. The highest BCUT2D eigenvalue weighted by Gasteiger charge is 2.21. The third-order valence-electron chi connectivity index (χ3n) is 3.40. The van der Waals surface area contributed by atoms with E-state index in [-0.39, 0.29) is 0 Å². The van der Waals surface area contributed by atoms with Gasteiger partial charge in [-0.05, 0) is 5.56 Å². The number of piperazine rings is 1. The molecule has 1 fully saturated rings. The molecule has 1 aliphatic heterocycles. The maximum atomic E-state index is 4.48. The molecule has 94 valence electrons. The van der Waals surface area contributed by atoms with Crippen molar-refractivity contribution >= 4 is 5.82 Å². The van der Waals surface area contributed by atoms with Crippen molar-refractivity contribution in [1.29, 1.82) is 0 Å². The zero-order valence-electron chi connectivity index (χ0n) is 10.6. The summed E-state index contributed by atoms with van der Waals surface area (Å²) in [5.74, 6) is 1.07. The molecular weight excluding hydrogens is 224 g/mol. The van der Waals surface area contributed by atoms with Gasteiger partial charge in [-0.2, -0.15) is 5.10 Å². The van der Waals surface area contributed by atoms with E-state index in [0.29, 0.717) is 6.04 Å². The first-order chi connectivity index (χ1) is 8.83. The largest absolute Gasteiger partial charge is 0.352 e. The summed E-state index contributed by atoms with van der Waals surface area (Å²) in [6, 6.07) is 13.1. The summed E-state index contributed by atoms with van der Waals surface area (Å²) in [5.41, 5.74) is 1.35. The predicted octanol–water partition coefficient (Wildman–Crippen LogP) is 1.57. The van der Waals surface area contributed by atoms with Gasteiger partial charge in [-0.25, -0.2) is 0 Å². The van der Waals surface area contributed by atoms with Crippen LogP contribution in [0, 0.1) is 0 Å². The second-order valence-corrected chi connectivity index (χ2v) is 4.71. The molecule has 1 aromatic heterocycles. The fraction of sp³-hybridized carbons (Fsp3) is 0.357. The van der Waals surface area contributed by atoms with E-state index in [0.717, 1.165) is 25.5 Å². The minimum Gasteiger partial charge on any atom is -0.352 e. The van der Waals surface area contributed by atoms with Gasteiger partial charge in [0.05, 0.1) is 0 Å². The summed E-state index contributed by atoms with van der Waals surface area (Å²) >= 11 is 0. The van der Waals surface area contributed by atoms with E-state index in [2.05, 4.69) is 51.7 Å². The third-order valence-corrected chi connectivity index (χ3v) is 3.40. The Bertz CT molecular complexity index is 506. The van der Waals surface area contributed by atoms with Gasteiger partial charge in [0, 0.05) is 45.0 Å². The van der Waals surface area contributed by atoms with Gasteiger partial charge in [-0.15, -0.1) is 0 Å². The Morgan fingerprint density at radius 2 is 2.06 bits per heavy atom. The van der Waals surface area contributed by atoms with E-state index in [4.69, 9.17) is 0 Å². The number of rotatable bonds is 2. The number of nitrogens with one attached hydrogen (secondary N) is 1. The Morgan fingerprint density at radius 1 is 1.22 bits per heavy atom. The maximum absolute atomic E-state index is 4.48. The van der Waals surface area contributed by atoms with Gasteiger partial charge in [0.1, 0.15) is 0 Å². The Labute approximate surface area is 107 Å². The zero-order valence-corrected chi connectivity index (χ0v) is 10.6. The Morgan fingerprint density at radius 3 is 2.78 bits per heavy atom. The molecule has 18 heavy (non-hydrogen) atoms. The highest BCUT2D eigenvalue weighted by Crippen LogP contribution is 2.20. The summed E-state index contributed by atoms with van der Waals surface area (Å²) in [6.07, 6.45) is 1.99. The van der Waals surface area contributed by atoms with E-state index in [9.17, 15) is 0 Å². The normalized spacial score (nSPS) is 20.1. The van der Waals surface area contributed by atoms with E-state index in [1.165, 1.54) is 5.56 Å². The van der Waals surface area contributed by atoms with E-state index >= 15 is 0 Å². The topological polar surface area (TPSA) is 33.1 Å². The molecule has 4 nitrogen and oxygen atoms in total. The molecule has 0 spiro atoms. The maximum Gasteiger partial charge on any atom is 0.150 e. The molecule has 0 radical (unpaired) electrons. The fourth-order valence-corrected chi connectivity index (χ4v) is 2.44. The monoisotopic (exact) mass is 242 g/mol. The van der Waals surface area contributed by atoms with Crippen molar-refractivity contribution in [1.82, 2.24) is 15.1 Å². The molecule has 1 atom stereocenters. The smallest absolute Gasteiger partial charge is 0.150 e. The second-order valence-electron chi connectivity index (χ2n) is 4.71. The SMILES string of the molecule is Cn1ccc(N2CCNC(c3ccccc3)C2)n1. The minimum atomic E-state index is 0.391. The van der Waals surface area contributed by atoms with Crippen LogP contribution in [0.15, 0.2) is 42.6 Å². The molecule has 1 aliphatic rings. The summed E-state index contributed by atoms with van der Waals surface area (Å²) in [6.45, 7) is 2.98. The molecule has 2 aromatic rings. The lowest BCUT2D eigenvalue weighted by atomic mass is 10.0.